The molecule has 0 aliphatic carbocycles. The molecule has 184 valence electrons. The van der Waals surface area contributed by atoms with Crippen molar-refractivity contribution in [3.05, 3.63) is 47.3 Å². The minimum Gasteiger partial charge on any atom is -0.876 e. The molecular formula is C22H32O10Zr. The van der Waals surface area contributed by atoms with E-state index in [1.54, 1.807) is 0 Å². The molecule has 0 heterocycles. The Bertz CT molecular complexity index is 597. The van der Waals surface area contributed by atoms with Gasteiger partial charge in [0.15, 0.2) is 23.1 Å². The quantitative estimate of drug-likeness (QED) is 0.352. The van der Waals surface area contributed by atoms with Crippen LogP contribution in [0, 0.1) is 0 Å². The van der Waals surface area contributed by atoms with Crippen LogP contribution in [0.25, 0.3) is 0 Å². The normalized spacial score (nSPS) is 10.5. The molecule has 0 bridgehead atoms. The minimum atomic E-state index is -0.833. The number of carbonyl (C=O) groups is 5. The number of aliphatic carboxylic acids is 1. The number of rotatable bonds is 4. The summed E-state index contributed by atoms with van der Waals surface area (Å²) in [5, 5.41) is 47.3. The summed E-state index contributed by atoms with van der Waals surface area (Å²) in [7, 11) is 0. The molecule has 0 saturated heterocycles. The molecule has 0 radical (unpaired) electrons. The van der Waals surface area contributed by atoms with Gasteiger partial charge in [-0.3, -0.25) is 24.0 Å². The Hall–Kier alpha value is -2.81. The molecule has 0 aromatic heterocycles. The Kier molecular flexibility index (Phi) is 38.9. The number of carboxylic acid groups (broad SMARTS) is 1. The van der Waals surface area contributed by atoms with Gasteiger partial charge in [-0.1, -0.05) is 27.7 Å². The second-order valence-corrected chi connectivity index (χ2v) is 5.98. The van der Waals surface area contributed by atoms with E-state index in [1.165, 1.54) is 55.4 Å². The summed E-state index contributed by atoms with van der Waals surface area (Å²) in [6.07, 6.45) is 4.22. The predicted octanol–water partition coefficient (Wildman–Crippen LogP) is -0.554. The average Bonchev–Trinajstić information content (AvgIpc) is 2.41. The molecule has 0 aromatic rings. The van der Waals surface area contributed by atoms with E-state index in [0.29, 0.717) is 0 Å². The Labute approximate surface area is 214 Å². The largest absolute Gasteiger partial charge is 4.00 e. The summed E-state index contributed by atoms with van der Waals surface area (Å²) in [6, 6.07) is 0. The van der Waals surface area contributed by atoms with Gasteiger partial charge >= 0.3 is 26.2 Å². The molecule has 0 aliphatic rings. The third-order valence-corrected chi connectivity index (χ3v) is 1.63. The monoisotopic (exact) mass is 546 g/mol. The summed E-state index contributed by atoms with van der Waals surface area (Å²) >= 11 is 0. The molecule has 1 N–H and O–H groups in total. The minimum absolute atomic E-state index is 0. The first-order valence-electron chi connectivity index (χ1n) is 8.87. The molecule has 0 rings (SSSR count). The molecule has 0 saturated carbocycles. The maximum atomic E-state index is 9.98. The van der Waals surface area contributed by atoms with Crippen molar-refractivity contribution in [2.24, 2.45) is 0 Å². The molecule has 0 fully saturated rings. The van der Waals surface area contributed by atoms with Crippen molar-refractivity contribution in [1.82, 2.24) is 0 Å². The molecule has 33 heavy (non-hydrogen) atoms. The topological polar surface area (TPSA) is 198 Å². The number of carbonyl (C=O) groups excluding carboxylic acids is 4. The SMILES string of the molecule is CC(=O)/C=C(/C)[O-].CC(=O)/C=C(/C)[O-].CC(=O)/C=C(/C)[O-].CC(=O)/C=C(/C)[O-].CC(=O)O.[Zr+4]. The van der Waals surface area contributed by atoms with Crippen molar-refractivity contribution >= 4 is 29.1 Å². The number of allylic oxidation sites excluding steroid dienone is 8. The summed E-state index contributed by atoms with van der Waals surface area (Å²) in [5.74, 6) is -2.33. The molecule has 10 nitrogen and oxygen atoms in total. The molecule has 0 amide bonds. The molecule has 0 aromatic carbocycles. The van der Waals surface area contributed by atoms with Gasteiger partial charge in [-0.15, -0.1) is 23.0 Å². The van der Waals surface area contributed by atoms with Crippen molar-refractivity contribution < 1.29 is 75.7 Å². The van der Waals surface area contributed by atoms with Gasteiger partial charge in [-0.05, 0) is 52.0 Å². The van der Waals surface area contributed by atoms with E-state index in [1.807, 2.05) is 0 Å². The molecular weight excluding hydrogens is 515 g/mol. The Balaban J connectivity index is -0.0000000693. The molecule has 0 aliphatic heterocycles. The van der Waals surface area contributed by atoms with Gasteiger partial charge in [0.25, 0.3) is 5.97 Å². The zero-order valence-corrected chi connectivity index (χ0v) is 22.9. The average molecular weight is 548 g/mol. The fourth-order valence-electron chi connectivity index (χ4n) is 1.14. The van der Waals surface area contributed by atoms with Gasteiger partial charge in [0, 0.05) is 6.92 Å². The van der Waals surface area contributed by atoms with E-state index >= 15 is 0 Å². The zero-order chi connectivity index (χ0) is 27.0. The van der Waals surface area contributed by atoms with E-state index < -0.39 is 5.97 Å². The Morgan fingerprint density at radius 1 is 0.455 bits per heavy atom. The fourth-order valence-corrected chi connectivity index (χ4v) is 1.14. The van der Waals surface area contributed by atoms with Crippen molar-refractivity contribution in [2.45, 2.75) is 62.3 Å². The second-order valence-electron chi connectivity index (χ2n) is 5.98. The van der Waals surface area contributed by atoms with Crippen molar-refractivity contribution in [3.63, 3.8) is 0 Å². The number of ketones is 4. The first-order valence-corrected chi connectivity index (χ1v) is 8.87. The fraction of sp³-hybridized carbons (Fsp3) is 0.409. The van der Waals surface area contributed by atoms with Gasteiger partial charge in [0.1, 0.15) is 0 Å². The van der Waals surface area contributed by atoms with Crippen LogP contribution in [0.5, 0.6) is 0 Å². The van der Waals surface area contributed by atoms with Crippen LogP contribution in [-0.4, -0.2) is 34.2 Å². The van der Waals surface area contributed by atoms with Crippen LogP contribution in [0.4, 0.5) is 0 Å². The Morgan fingerprint density at radius 3 is 0.545 bits per heavy atom. The Morgan fingerprint density at radius 2 is 0.545 bits per heavy atom. The van der Waals surface area contributed by atoms with Crippen LogP contribution < -0.4 is 20.4 Å². The van der Waals surface area contributed by atoms with Gasteiger partial charge in [0.2, 0.25) is 0 Å². The smallest absolute Gasteiger partial charge is 0.876 e. The van der Waals surface area contributed by atoms with Gasteiger partial charge < -0.3 is 25.5 Å². The first kappa shape index (κ1) is 44.0. The first-order chi connectivity index (χ1) is 14.2. The second kappa shape index (κ2) is 29.2. The van der Waals surface area contributed by atoms with Crippen LogP contribution in [0.3, 0.4) is 0 Å². The van der Waals surface area contributed by atoms with E-state index in [0.717, 1.165) is 31.2 Å². The van der Waals surface area contributed by atoms with Crippen molar-refractivity contribution in [1.29, 1.82) is 0 Å². The summed E-state index contributed by atoms with van der Waals surface area (Å²) in [5.41, 5.74) is 0. The van der Waals surface area contributed by atoms with Crippen molar-refractivity contribution in [3.8, 4) is 0 Å². The van der Waals surface area contributed by atoms with E-state index in [2.05, 4.69) is 0 Å². The maximum Gasteiger partial charge on any atom is 4.00 e. The van der Waals surface area contributed by atoms with Crippen LogP contribution in [0.15, 0.2) is 47.3 Å². The van der Waals surface area contributed by atoms with Crippen molar-refractivity contribution in [2.75, 3.05) is 0 Å². The van der Waals surface area contributed by atoms with Gasteiger partial charge in [0.05, 0.1) is 0 Å². The van der Waals surface area contributed by atoms with Gasteiger partial charge in [-0.2, -0.15) is 0 Å². The number of hydrogen-bond donors (Lipinski definition) is 1. The van der Waals surface area contributed by atoms with Crippen LogP contribution in [0.2, 0.25) is 0 Å². The third kappa shape index (κ3) is 124. The van der Waals surface area contributed by atoms with Crippen LogP contribution >= 0.6 is 0 Å². The molecule has 0 unspecified atom stereocenters. The summed E-state index contributed by atoms with van der Waals surface area (Å²) in [4.78, 5) is 48.9. The molecule has 0 spiro atoms. The van der Waals surface area contributed by atoms with E-state index in [4.69, 9.17) is 9.90 Å². The molecule has 0 atom stereocenters. The summed E-state index contributed by atoms with van der Waals surface area (Å²) in [6.45, 7) is 11.9. The number of hydrogen-bond acceptors (Lipinski definition) is 9. The van der Waals surface area contributed by atoms with E-state index in [-0.39, 0.29) is 72.4 Å². The van der Waals surface area contributed by atoms with Gasteiger partial charge in [-0.25, -0.2) is 0 Å². The third-order valence-electron chi connectivity index (χ3n) is 1.63. The van der Waals surface area contributed by atoms with Crippen LogP contribution in [0.1, 0.15) is 62.3 Å². The predicted molar refractivity (Wildman–Crippen MR) is 111 cm³/mol. The molecule has 11 heteroatoms. The summed E-state index contributed by atoms with van der Waals surface area (Å²) < 4.78 is 0. The van der Waals surface area contributed by atoms with Crippen LogP contribution in [-0.2, 0) is 50.2 Å². The zero-order valence-electron chi connectivity index (χ0n) is 20.4. The van der Waals surface area contributed by atoms with E-state index in [9.17, 15) is 39.6 Å². The maximum absolute atomic E-state index is 9.98. The number of carboxylic acids is 1. The standard InChI is InChI=1S/4C5H8O2.C2H4O2.Zr/c4*1-4(6)3-5(2)7;1-2(3)4;/h4*3,6H,1-2H3;1H3,(H,3,4);/q;;;;;+4/p-4/b4*4-3-;;.